The van der Waals surface area contributed by atoms with Crippen LogP contribution in [0.3, 0.4) is 0 Å². The van der Waals surface area contributed by atoms with Gasteiger partial charge in [-0.3, -0.25) is 30.0 Å². The highest BCUT2D eigenvalue weighted by Crippen LogP contribution is 2.13. The summed E-state index contributed by atoms with van der Waals surface area (Å²) in [4.78, 5) is 47.2. The Morgan fingerprint density at radius 2 is 1.57 bits per heavy atom. The van der Waals surface area contributed by atoms with Gasteiger partial charge in [0.15, 0.2) is 12.4 Å². The van der Waals surface area contributed by atoms with Crippen LogP contribution in [-0.4, -0.2) is 37.3 Å². The van der Waals surface area contributed by atoms with Gasteiger partial charge >= 0.3 is 5.97 Å². The first-order valence-electron chi connectivity index (χ1n) is 8.46. The minimum atomic E-state index is -0.694. The summed E-state index contributed by atoms with van der Waals surface area (Å²) in [6.07, 6.45) is -0.417. The Labute approximate surface area is 161 Å². The molecule has 2 aromatic rings. The Kier molecular flexibility index (Phi) is 7.71. The van der Waals surface area contributed by atoms with Gasteiger partial charge in [-0.25, -0.2) is 0 Å². The Bertz CT molecular complexity index is 851. The Balaban J connectivity index is 1.68. The number of carbonyl (C=O) groups excluding carboxylic acids is 4. The molecule has 0 unspecified atom stereocenters. The Hall–Kier alpha value is -3.68. The first-order chi connectivity index (χ1) is 13.5. The molecule has 0 bridgehead atoms. The third-order valence-corrected chi connectivity index (χ3v) is 3.66. The van der Waals surface area contributed by atoms with E-state index in [1.165, 1.54) is 7.11 Å². The van der Waals surface area contributed by atoms with E-state index in [0.717, 1.165) is 0 Å². The van der Waals surface area contributed by atoms with E-state index in [1.54, 1.807) is 54.6 Å². The molecule has 0 atom stereocenters. The highest BCUT2D eigenvalue weighted by atomic mass is 16.5. The standard InChI is InChI=1S/C20H20N2O6/c1-27-16-9-5-8-15(12-16)17(23)13-28-19(25)11-10-18(24)21-22-20(26)14-6-3-2-4-7-14/h2-9,12H,10-11,13H2,1H3,(H,21,24)(H,22,26). The number of nitrogens with one attached hydrogen (secondary N) is 2. The SMILES string of the molecule is COc1cccc(C(=O)COC(=O)CCC(=O)NNC(=O)c2ccccc2)c1. The fraction of sp³-hybridized carbons (Fsp3) is 0.200. The number of ketones is 1. The second-order valence-electron chi connectivity index (χ2n) is 5.68. The molecule has 0 saturated heterocycles. The predicted molar refractivity (Wildman–Crippen MR) is 99.6 cm³/mol. The zero-order chi connectivity index (χ0) is 20.4. The van der Waals surface area contributed by atoms with Crippen LogP contribution in [0.15, 0.2) is 54.6 Å². The lowest BCUT2D eigenvalue weighted by molar-refractivity contribution is -0.143. The summed E-state index contributed by atoms with van der Waals surface area (Å²) in [7, 11) is 1.48. The molecule has 0 heterocycles. The van der Waals surface area contributed by atoms with Gasteiger partial charge < -0.3 is 9.47 Å². The number of hydrazine groups is 1. The largest absolute Gasteiger partial charge is 0.497 e. The molecule has 2 N–H and O–H groups in total. The molecule has 0 aliphatic rings. The van der Waals surface area contributed by atoms with Gasteiger partial charge in [-0.05, 0) is 24.3 Å². The van der Waals surface area contributed by atoms with Crippen LogP contribution in [0.1, 0.15) is 33.6 Å². The number of amides is 2. The number of Topliss-reactive ketones (excluding diaryl/α,β-unsaturated/α-hetero) is 1. The number of esters is 1. The maximum absolute atomic E-state index is 12.0. The van der Waals surface area contributed by atoms with Crippen LogP contribution < -0.4 is 15.6 Å². The number of rotatable bonds is 8. The minimum Gasteiger partial charge on any atom is -0.497 e. The molecule has 2 amide bonds. The van der Waals surface area contributed by atoms with Crippen LogP contribution in [0.2, 0.25) is 0 Å². The quantitative estimate of drug-likeness (QED) is 0.407. The van der Waals surface area contributed by atoms with Crippen LogP contribution in [0, 0.1) is 0 Å². The van der Waals surface area contributed by atoms with Crippen LogP contribution >= 0.6 is 0 Å². The van der Waals surface area contributed by atoms with Crippen molar-refractivity contribution >= 4 is 23.6 Å². The summed E-state index contributed by atoms with van der Waals surface area (Å²) in [5, 5.41) is 0. The van der Waals surface area contributed by atoms with Crippen molar-refractivity contribution in [3.8, 4) is 5.75 Å². The van der Waals surface area contributed by atoms with Crippen molar-refractivity contribution < 1.29 is 28.7 Å². The number of benzene rings is 2. The summed E-state index contributed by atoms with van der Waals surface area (Å²) in [5.74, 6) is -1.58. The summed E-state index contributed by atoms with van der Waals surface area (Å²) in [5.41, 5.74) is 5.20. The molecule has 28 heavy (non-hydrogen) atoms. The van der Waals surface area contributed by atoms with Gasteiger partial charge in [-0.1, -0.05) is 30.3 Å². The number of carbonyl (C=O) groups is 4. The number of methoxy groups -OCH3 is 1. The molecule has 2 rings (SSSR count). The highest BCUT2D eigenvalue weighted by Gasteiger charge is 2.13. The summed E-state index contributed by atoms with van der Waals surface area (Å²) < 4.78 is 9.91. The Morgan fingerprint density at radius 3 is 2.29 bits per heavy atom. The second-order valence-corrected chi connectivity index (χ2v) is 5.68. The second kappa shape index (κ2) is 10.5. The zero-order valence-corrected chi connectivity index (χ0v) is 15.3. The van der Waals surface area contributed by atoms with Crippen molar-refractivity contribution in [2.24, 2.45) is 0 Å². The van der Waals surface area contributed by atoms with Crippen molar-refractivity contribution in [1.29, 1.82) is 0 Å². The van der Waals surface area contributed by atoms with E-state index in [2.05, 4.69) is 10.9 Å². The topological polar surface area (TPSA) is 111 Å². The van der Waals surface area contributed by atoms with Crippen LogP contribution in [0.5, 0.6) is 5.75 Å². The molecular formula is C20H20N2O6. The third kappa shape index (κ3) is 6.56. The monoisotopic (exact) mass is 384 g/mol. The van der Waals surface area contributed by atoms with E-state index in [1.807, 2.05) is 0 Å². The number of hydrogen-bond donors (Lipinski definition) is 2. The molecule has 0 aromatic heterocycles. The van der Waals surface area contributed by atoms with Gasteiger partial charge in [0.2, 0.25) is 5.91 Å². The summed E-state index contributed by atoms with van der Waals surface area (Å²) >= 11 is 0. The molecule has 0 radical (unpaired) electrons. The van der Waals surface area contributed by atoms with E-state index in [0.29, 0.717) is 16.9 Å². The first-order valence-corrected chi connectivity index (χ1v) is 8.46. The average Bonchev–Trinajstić information content (AvgIpc) is 2.74. The smallest absolute Gasteiger partial charge is 0.306 e. The van der Waals surface area contributed by atoms with Gasteiger partial charge in [-0.2, -0.15) is 0 Å². The highest BCUT2D eigenvalue weighted by molar-refractivity contribution is 5.98. The van der Waals surface area contributed by atoms with Crippen LogP contribution in [0.25, 0.3) is 0 Å². The minimum absolute atomic E-state index is 0.193. The lowest BCUT2D eigenvalue weighted by Crippen LogP contribution is -2.41. The van der Waals surface area contributed by atoms with E-state index in [4.69, 9.17) is 9.47 Å². The molecule has 0 saturated carbocycles. The van der Waals surface area contributed by atoms with Gasteiger partial charge in [0.25, 0.3) is 5.91 Å². The molecule has 0 fully saturated rings. The lowest BCUT2D eigenvalue weighted by Gasteiger charge is -2.08. The molecule has 2 aromatic carbocycles. The third-order valence-electron chi connectivity index (χ3n) is 3.66. The molecule has 0 spiro atoms. The van der Waals surface area contributed by atoms with Crippen LogP contribution in [0.4, 0.5) is 0 Å². The van der Waals surface area contributed by atoms with Crippen molar-refractivity contribution in [1.82, 2.24) is 10.9 Å². The van der Waals surface area contributed by atoms with Gasteiger partial charge in [0.05, 0.1) is 13.5 Å². The fourth-order valence-corrected chi connectivity index (χ4v) is 2.16. The van der Waals surface area contributed by atoms with Crippen molar-refractivity contribution in [2.75, 3.05) is 13.7 Å². The normalized spacial score (nSPS) is 9.89. The molecule has 0 aliphatic heterocycles. The van der Waals surface area contributed by atoms with E-state index >= 15 is 0 Å². The van der Waals surface area contributed by atoms with Gasteiger partial charge in [0, 0.05) is 17.5 Å². The molecule has 146 valence electrons. The van der Waals surface area contributed by atoms with Crippen molar-refractivity contribution in [2.45, 2.75) is 12.8 Å². The maximum Gasteiger partial charge on any atom is 0.306 e. The summed E-state index contributed by atoms with van der Waals surface area (Å²) in [6.45, 7) is -0.432. The maximum atomic E-state index is 12.0. The van der Waals surface area contributed by atoms with E-state index in [9.17, 15) is 19.2 Å². The number of ether oxygens (including phenoxy) is 2. The summed E-state index contributed by atoms with van der Waals surface area (Å²) in [6, 6.07) is 14.8. The van der Waals surface area contributed by atoms with Crippen molar-refractivity contribution in [3.63, 3.8) is 0 Å². The molecule has 8 nitrogen and oxygen atoms in total. The van der Waals surface area contributed by atoms with Gasteiger partial charge in [0.1, 0.15) is 5.75 Å². The number of hydrogen-bond acceptors (Lipinski definition) is 6. The molecule has 8 heteroatoms. The lowest BCUT2D eigenvalue weighted by atomic mass is 10.1. The first kappa shape index (κ1) is 20.6. The fourth-order valence-electron chi connectivity index (χ4n) is 2.16. The predicted octanol–water partition coefficient (Wildman–Crippen LogP) is 1.66. The Morgan fingerprint density at radius 1 is 0.857 bits per heavy atom. The van der Waals surface area contributed by atoms with Gasteiger partial charge in [-0.15, -0.1) is 0 Å². The molecular weight excluding hydrogens is 364 g/mol. The van der Waals surface area contributed by atoms with Crippen LogP contribution in [-0.2, 0) is 14.3 Å². The van der Waals surface area contributed by atoms with E-state index < -0.39 is 24.4 Å². The zero-order valence-electron chi connectivity index (χ0n) is 15.3. The molecule has 0 aliphatic carbocycles. The van der Waals surface area contributed by atoms with E-state index in [-0.39, 0.29) is 18.6 Å². The van der Waals surface area contributed by atoms with Crippen molar-refractivity contribution in [3.05, 3.63) is 65.7 Å². The average molecular weight is 384 g/mol.